The first-order valence-electron chi connectivity index (χ1n) is 8.54. The summed E-state index contributed by atoms with van der Waals surface area (Å²) in [6.45, 7) is 3.70. The quantitative estimate of drug-likeness (QED) is 0.588. The van der Waals surface area contributed by atoms with Crippen LogP contribution in [0.3, 0.4) is 0 Å². The summed E-state index contributed by atoms with van der Waals surface area (Å²) in [5, 5.41) is 2.97. The lowest BCUT2D eigenvalue weighted by atomic mass is 9.88. The lowest BCUT2D eigenvalue weighted by Crippen LogP contribution is -2.36. The van der Waals surface area contributed by atoms with Crippen molar-refractivity contribution < 1.29 is 14.4 Å². The molecule has 1 unspecified atom stereocenters. The van der Waals surface area contributed by atoms with Gasteiger partial charge in [-0.2, -0.15) is 0 Å². The Morgan fingerprint density at radius 2 is 1.64 bits per heavy atom. The van der Waals surface area contributed by atoms with E-state index in [2.05, 4.69) is 5.32 Å². The largest absolute Gasteiger partial charge is 0.348 e. The van der Waals surface area contributed by atoms with E-state index < -0.39 is 5.92 Å². The van der Waals surface area contributed by atoms with Crippen LogP contribution in [-0.2, 0) is 9.59 Å². The van der Waals surface area contributed by atoms with Crippen LogP contribution in [0.1, 0.15) is 60.1 Å². The Hall–Kier alpha value is -2.75. The van der Waals surface area contributed by atoms with Crippen molar-refractivity contribution in [1.82, 2.24) is 5.32 Å². The molecule has 25 heavy (non-hydrogen) atoms. The van der Waals surface area contributed by atoms with E-state index in [1.165, 1.54) is 0 Å². The highest BCUT2D eigenvalue weighted by molar-refractivity contribution is 6.08. The topological polar surface area (TPSA) is 63.2 Å². The Morgan fingerprint density at radius 1 is 1.00 bits per heavy atom. The molecule has 0 aliphatic carbocycles. The summed E-state index contributed by atoms with van der Waals surface area (Å²) >= 11 is 0. The highest BCUT2D eigenvalue weighted by Crippen LogP contribution is 2.24. The summed E-state index contributed by atoms with van der Waals surface area (Å²) < 4.78 is 0. The number of ketones is 1. The third-order valence-corrected chi connectivity index (χ3v) is 4.29. The van der Waals surface area contributed by atoms with E-state index in [4.69, 9.17) is 0 Å². The van der Waals surface area contributed by atoms with E-state index in [0.717, 1.165) is 5.56 Å². The van der Waals surface area contributed by atoms with E-state index >= 15 is 0 Å². The molecule has 1 N–H and O–H groups in total. The molecule has 0 heterocycles. The average Bonchev–Trinajstić information content (AvgIpc) is 2.67. The fourth-order valence-corrected chi connectivity index (χ4v) is 2.91. The number of hydrogen-bond acceptors (Lipinski definition) is 3. The second-order valence-electron chi connectivity index (χ2n) is 5.88. The molecule has 0 fully saturated rings. The first-order valence-corrected chi connectivity index (χ1v) is 8.54. The monoisotopic (exact) mass is 337 g/mol. The zero-order chi connectivity index (χ0) is 18.2. The van der Waals surface area contributed by atoms with Crippen molar-refractivity contribution in [3.8, 4) is 0 Å². The van der Waals surface area contributed by atoms with Gasteiger partial charge in [-0.3, -0.25) is 14.4 Å². The molecule has 2 aromatic rings. The summed E-state index contributed by atoms with van der Waals surface area (Å²) in [6.07, 6.45) is 1.62. The number of carbonyl (C=O) groups is 3. The molecule has 0 spiro atoms. The normalized spacial score (nSPS) is 12.9. The number of benzene rings is 2. The standard InChI is InChI=1S/C21H23NO3/c1-3-18(15-10-6-5-7-11-15)22-21(25)20(19(24)4-2)17-13-9-8-12-16(17)14-23/h5-14,18,20H,3-4H2,1-2H3,(H,22,25)/t18-,20?/m0/s1. The number of carbonyl (C=O) groups excluding carboxylic acids is 3. The van der Waals surface area contributed by atoms with Crippen LogP contribution in [0.4, 0.5) is 0 Å². The maximum Gasteiger partial charge on any atom is 0.235 e. The summed E-state index contributed by atoms with van der Waals surface area (Å²) in [4.78, 5) is 36.7. The van der Waals surface area contributed by atoms with Crippen LogP contribution in [0.15, 0.2) is 54.6 Å². The second kappa shape index (κ2) is 8.92. The van der Waals surface area contributed by atoms with E-state index in [-0.39, 0.29) is 24.2 Å². The van der Waals surface area contributed by atoms with Gasteiger partial charge in [-0.25, -0.2) is 0 Å². The molecule has 2 atom stereocenters. The molecule has 0 bridgehead atoms. The summed E-state index contributed by atoms with van der Waals surface area (Å²) in [5.41, 5.74) is 1.83. The lowest BCUT2D eigenvalue weighted by molar-refractivity contribution is -0.130. The summed E-state index contributed by atoms with van der Waals surface area (Å²) in [5.74, 6) is -1.53. The highest BCUT2D eigenvalue weighted by Gasteiger charge is 2.30. The van der Waals surface area contributed by atoms with Crippen LogP contribution in [0.5, 0.6) is 0 Å². The van der Waals surface area contributed by atoms with Crippen LogP contribution < -0.4 is 5.32 Å². The molecule has 1 amide bonds. The van der Waals surface area contributed by atoms with Crippen molar-refractivity contribution in [2.45, 2.75) is 38.6 Å². The molecular weight excluding hydrogens is 314 g/mol. The third kappa shape index (κ3) is 4.41. The summed E-state index contributed by atoms with van der Waals surface area (Å²) in [6, 6.07) is 16.2. The molecule has 0 saturated heterocycles. The minimum absolute atomic E-state index is 0.177. The average molecular weight is 337 g/mol. The van der Waals surface area contributed by atoms with E-state index in [0.29, 0.717) is 23.8 Å². The van der Waals surface area contributed by atoms with Crippen LogP contribution in [0.2, 0.25) is 0 Å². The molecule has 2 aromatic carbocycles. The zero-order valence-corrected chi connectivity index (χ0v) is 14.6. The highest BCUT2D eigenvalue weighted by atomic mass is 16.2. The number of nitrogens with one attached hydrogen (secondary N) is 1. The van der Waals surface area contributed by atoms with Gasteiger partial charge in [0.15, 0.2) is 0 Å². The number of rotatable bonds is 8. The fourth-order valence-electron chi connectivity index (χ4n) is 2.91. The van der Waals surface area contributed by atoms with Crippen LogP contribution in [0.25, 0.3) is 0 Å². The molecule has 0 saturated carbocycles. The van der Waals surface area contributed by atoms with Crippen molar-refractivity contribution in [2.75, 3.05) is 0 Å². The van der Waals surface area contributed by atoms with Crippen molar-refractivity contribution in [3.63, 3.8) is 0 Å². The molecule has 130 valence electrons. The van der Waals surface area contributed by atoms with Crippen molar-refractivity contribution >= 4 is 18.0 Å². The van der Waals surface area contributed by atoms with E-state index in [1.54, 1.807) is 31.2 Å². The molecular formula is C21H23NO3. The Morgan fingerprint density at radius 3 is 2.24 bits per heavy atom. The number of hydrogen-bond donors (Lipinski definition) is 1. The van der Waals surface area contributed by atoms with Gasteiger partial charge in [-0.1, -0.05) is 68.4 Å². The predicted octanol–water partition coefficient (Wildman–Crippen LogP) is 3.83. The molecule has 0 radical (unpaired) electrons. The summed E-state index contributed by atoms with van der Waals surface area (Å²) in [7, 11) is 0. The van der Waals surface area contributed by atoms with Gasteiger partial charge in [0.1, 0.15) is 18.0 Å². The lowest BCUT2D eigenvalue weighted by Gasteiger charge is -2.22. The number of Topliss-reactive ketones (excluding diaryl/α,β-unsaturated/α-hetero) is 1. The Kier molecular flexibility index (Phi) is 6.63. The maximum absolute atomic E-state index is 12.9. The minimum Gasteiger partial charge on any atom is -0.348 e. The molecule has 2 rings (SSSR count). The number of amides is 1. The van der Waals surface area contributed by atoms with E-state index in [9.17, 15) is 14.4 Å². The molecule has 0 aromatic heterocycles. The Balaban J connectivity index is 2.33. The molecule has 4 heteroatoms. The first kappa shape index (κ1) is 18.6. The fraction of sp³-hybridized carbons (Fsp3) is 0.286. The van der Waals surface area contributed by atoms with E-state index in [1.807, 2.05) is 37.3 Å². The van der Waals surface area contributed by atoms with Crippen molar-refractivity contribution in [3.05, 3.63) is 71.3 Å². The van der Waals surface area contributed by atoms with Gasteiger partial charge in [0.05, 0.1) is 6.04 Å². The maximum atomic E-state index is 12.9. The van der Waals surface area contributed by atoms with Gasteiger partial charge in [-0.15, -0.1) is 0 Å². The first-order chi connectivity index (χ1) is 12.1. The van der Waals surface area contributed by atoms with Gasteiger partial charge >= 0.3 is 0 Å². The number of aldehydes is 1. The second-order valence-corrected chi connectivity index (χ2v) is 5.88. The van der Waals surface area contributed by atoms with Gasteiger partial charge in [0, 0.05) is 12.0 Å². The van der Waals surface area contributed by atoms with Gasteiger partial charge in [0.2, 0.25) is 5.91 Å². The predicted molar refractivity (Wildman–Crippen MR) is 97.5 cm³/mol. The molecule has 0 aliphatic rings. The van der Waals surface area contributed by atoms with Crippen molar-refractivity contribution in [2.24, 2.45) is 0 Å². The Bertz CT molecular complexity index is 740. The minimum atomic E-state index is -0.968. The Labute approximate surface area is 148 Å². The zero-order valence-electron chi connectivity index (χ0n) is 14.6. The smallest absolute Gasteiger partial charge is 0.235 e. The van der Waals surface area contributed by atoms with Crippen molar-refractivity contribution in [1.29, 1.82) is 0 Å². The van der Waals surface area contributed by atoms with Crippen LogP contribution in [0, 0.1) is 0 Å². The molecule has 4 nitrogen and oxygen atoms in total. The SMILES string of the molecule is CCC(=O)C(C(=O)N[C@@H](CC)c1ccccc1)c1ccccc1C=O. The molecule has 0 aliphatic heterocycles. The van der Waals surface area contributed by atoms with Gasteiger partial charge in [-0.05, 0) is 17.5 Å². The van der Waals surface area contributed by atoms with Gasteiger partial charge < -0.3 is 5.32 Å². The van der Waals surface area contributed by atoms with Crippen LogP contribution in [-0.4, -0.2) is 18.0 Å². The van der Waals surface area contributed by atoms with Crippen LogP contribution >= 0.6 is 0 Å². The third-order valence-electron chi connectivity index (χ3n) is 4.29. The van der Waals surface area contributed by atoms with Gasteiger partial charge in [0.25, 0.3) is 0 Å².